The molecule has 122 valence electrons. The van der Waals surface area contributed by atoms with Crippen LogP contribution in [0.4, 0.5) is 0 Å². The van der Waals surface area contributed by atoms with Gasteiger partial charge in [0.25, 0.3) is 0 Å². The second-order valence-electron chi connectivity index (χ2n) is 6.30. The minimum atomic E-state index is 0.0987. The van der Waals surface area contributed by atoms with Gasteiger partial charge in [0, 0.05) is 0 Å². The van der Waals surface area contributed by atoms with Crippen LogP contribution in [-0.2, 0) is 0 Å². The van der Waals surface area contributed by atoms with Crippen molar-refractivity contribution >= 4 is 0 Å². The summed E-state index contributed by atoms with van der Waals surface area (Å²) in [5.74, 6) is 1.06. The Kier molecular flexibility index (Phi) is 4.17. The molecular weight excluding hydrogens is 304 g/mol. The van der Waals surface area contributed by atoms with Crippen LogP contribution in [0, 0.1) is 6.92 Å². The number of nitrogens with one attached hydrogen (secondary N) is 1. The molecule has 0 amide bonds. The second-order valence-corrected chi connectivity index (χ2v) is 6.30. The van der Waals surface area contributed by atoms with E-state index in [4.69, 9.17) is 4.98 Å². The predicted molar refractivity (Wildman–Crippen MR) is 103 cm³/mol. The zero-order valence-corrected chi connectivity index (χ0v) is 14.2. The molecule has 0 aliphatic rings. The summed E-state index contributed by atoms with van der Waals surface area (Å²) in [6, 6.07) is 29.6. The fourth-order valence-electron chi connectivity index (χ4n) is 3.16. The van der Waals surface area contributed by atoms with Crippen molar-refractivity contribution in [3.8, 4) is 11.3 Å². The first-order valence-electron chi connectivity index (χ1n) is 8.53. The largest absolute Gasteiger partial charge is 0.341 e. The molecule has 25 heavy (non-hydrogen) atoms. The molecule has 2 heteroatoms. The number of H-pyrrole nitrogens is 1. The average molecular weight is 324 g/mol. The molecule has 1 N–H and O–H groups in total. The number of aromatic amines is 1. The Labute approximate surface area is 148 Å². The van der Waals surface area contributed by atoms with Gasteiger partial charge in [-0.1, -0.05) is 90.5 Å². The molecule has 0 spiro atoms. The predicted octanol–water partition coefficient (Wildman–Crippen LogP) is 5.57. The van der Waals surface area contributed by atoms with Gasteiger partial charge in [-0.2, -0.15) is 0 Å². The number of hydrogen-bond donors (Lipinski definition) is 1. The standard InChI is InChI=1S/C23H20N2/c1-17-12-14-18(15-13-17)21-16-24-23(25-21)22(19-8-4-2-5-9-19)20-10-6-3-7-11-20/h2-16,22H,1H3,(H,24,25). The monoisotopic (exact) mass is 324 g/mol. The van der Waals surface area contributed by atoms with Gasteiger partial charge < -0.3 is 4.98 Å². The Hall–Kier alpha value is -3.13. The minimum Gasteiger partial charge on any atom is -0.341 e. The molecule has 0 saturated heterocycles. The van der Waals surface area contributed by atoms with Crippen molar-refractivity contribution < 1.29 is 0 Å². The van der Waals surface area contributed by atoms with E-state index in [-0.39, 0.29) is 5.92 Å². The highest BCUT2D eigenvalue weighted by molar-refractivity contribution is 5.59. The summed E-state index contributed by atoms with van der Waals surface area (Å²) in [5, 5.41) is 0. The van der Waals surface area contributed by atoms with Gasteiger partial charge >= 0.3 is 0 Å². The number of aryl methyl sites for hydroxylation is 1. The first-order chi connectivity index (χ1) is 12.3. The van der Waals surface area contributed by atoms with E-state index in [0.717, 1.165) is 17.1 Å². The first kappa shape index (κ1) is 15.4. The minimum absolute atomic E-state index is 0.0987. The first-order valence-corrected chi connectivity index (χ1v) is 8.53. The number of imidazole rings is 1. The van der Waals surface area contributed by atoms with Crippen LogP contribution >= 0.6 is 0 Å². The molecule has 4 rings (SSSR count). The maximum Gasteiger partial charge on any atom is 0.118 e. The molecular formula is C23H20N2. The number of hydrogen-bond acceptors (Lipinski definition) is 1. The van der Waals surface area contributed by atoms with Crippen molar-refractivity contribution in [1.82, 2.24) is 9.97 Å². The average Bonchev–Trinajstić information content (AvgIpc) is 3.14. The van der Waals surface area contributed by atoms with Crippen molar-refractivity contribution in [2.45, 2.75) is 12.8 Å². The van der Waals surface area contributed by atoms with Crippen LogP contribution < -0.4 is 0 Å². The summed E-state index contributed by atoms with van der Waals surface area (Å²) in [7, 11) is 0. The number of aromatic nitrogens is 2. The molecule has 0 unspecified atom stereocenters. The molecule has 3 aromatic carbocycles. The van der Waals surface area contributed by atoms with E-state index < -0.39 is 0 Å². The van der Waals surface area contributed by atoms with E-state index >= 15 is 0 Å². The molecule has 0 bridgehead atoms. The van der Waals surface area contributed by atoms with E-state index in [1.165, 1.54) is 16.7 Å². The van der Waals surface area contributed by atoms with Crippen LogP contribution in [0.5, 0.6) is 0 Å². The number of rotatable bonds is 4. The molecule has 0 fully saturated rings. The zero-order valence-electron chi connectivity index (χ0n) is 14.2. The van der Waals surface area contributed by atoms with Gasteiger partial charge in [-0.05, 0) is 23.6 Å². The Morgan fingerprint density at radius 3 is 1.84 bits per heavy atom. The molecule has 0 atom stereocenters. The third-order valence-corrected chi connectivity index (χ3v) is 4.50. The topological polar surface area (TPSA) is 28.7 Å². The van der Waals surface area contributed by atoms with Crippen molar-refractivity contribution in [2.75, 3.05) is 0 Å². The quantitative estimate of drug-likeness (QED) is 0.522. The molecule has 2 nitrogen and oxygen atoms in total. The molecule has 0 radical (unpaired) electrons. The normalized spacial score (nSPS) is 11.0. The van der Waals surface area contributed by atoms with Crippen molar-refractivity contribution in [1.29, 1.82) is 0 Å². The second kappa shape index (κ2) is 6.78. The van der Waals surface area contributed by atoms with Gasteiger partial charge in [0.15, 0.2) is 0 Å². The van der Waals surface area contributed by atoms with Crippen molar-refractivity contribution in [2.24, 2.45) is 0 Å². The summed E-state index contributed by atoms with van der Waals surface area (Å²) in [5.41, 5.74) is 5.93. The molecule has 1 heterocycles. The lowest BCUT2D eigenvalue weighted by atomic mass is 9.91. The Morgan fingerprint density at radius 1 is 0.720 bits per heavy atom. The van der Waals surface area contributed by atoms with Crippen LogP contribution in [-0.4, -0.2) is 9.97 Å². The van der Waals surface area contributed by atoms with Crippen molar-refractivity contribution in [3.63, 3.8) is 0 Å². The lowest BCUT2D eigenvalue weighted by molar-refractivity contribution is 0.885. The van der Waals surface area contributed by atoms with Gasteiger partial charge in [-0.3, -0.25) is 0 Å². The van der Waals surface area contributed by atoms with Gasteiger partial charge in [0.1, 0.15) is 5.82 Å². The van der Waals surface area contributed by atoms with Crippen LogP contribution in [0.1, 0.15) is 28.4 Å². The highest BCUT2D eigenvalue weighted by Crippen LogP contribution is 2.31. The third-order valence-electron chi connectivity index (χ3n) is 4.50. The summed E-state index contributed by atoms with van der Waals surface area (Å²) in [6.07, 6.45) is 1.93. The highest BCUT2D eigenvalue weighted by atomic mass is 14.9. The summed E-state index contributed by atoms with van der Waals surface area (Å²) < 4.78 is 0. The summed E-state index contributed by atoms with van der Waals surface area (Å²) in [6.45, 7) is 2.10. The smallest absolute Gasteiger partial charge is 0.118 e. The Balaban J connectivity index is 1.77. The van der Waals surface area contributed by atoms with E-state index in [1.54, 1.807) is 0 Å². The number of nitrogens with zero attached hydrogens (tertiary/aromatic N) is 1. The maximum atomic E-state index is 4.71. The fraction of sp³-hybridized carbons (Fsp3) is 0.0870. The van der Waals surface area contributed by atoms with E-state index in [0.29, 0.717) is 0 Å². The SMILES string of the molecule is Cc1ccc(-c2cnc(C(c3ccccc3)c3ccccc3)[nH]2)cc1. The van der Waals surface area contributed by atoms with E-state index in [9.17, 15) is 0 Å². The van der Waals surface area contributed by atoms with Gasteiger partial charge in [-0.25, -0.2) is 4.98 Å². The molecule has 4 aromatic rings. The van der Waals surface area contributed by atoms with E-state index in [1.807, 2.05) is 18.3 Å². The maximum absolute atomic E-state index is 4.71. The lowest BCUT2D eigenvalue weighted by Crippen LogP contribution is -2.05. The molecule has 1 aromatic heterocycles. The Bertz CT molecular complexity index is 899. The van der Waals surface area contributed by atoms with Crippen LogP contribution in [0.3, 0.4) is 0 Å². The highest BCUT2D eigenvalue weighted by Gasteiger charge is 2.19. The van der Waals surface area contributed by atoms with Crippen LogP contribution in [0.2, 0.25) is 0 Å². The zero-order chi connectivity index (χ0) is 17.1. The summed E-state index contributed by atoms with van der Waals surface area (Å²) >= 11 is 0. The van der Waals surface area contributed by atoms with Gasteiger partial charge in [-0.15, -0.1) is 0 Å². The van der Waals surface area contributed by atoms with Crippen LogP contribution in [0.25, 0.3) is 11.3 Å². The Morgan fingerprint density at radius 2 is 1.28 bits per heavy atom. The lowest BCUT2D eigenvalue weighted by Gasteiger charge is -2.16. The van der Waals surface area contributed by atoms with Crippen molar-refractivity contribution in [3.05, 3.63) is 114 Å². The fourth-order valence-corrected chi connectivity index (χ4v) is 3.16. The molecule has 0 aliphatic carbocycles. The molecule has 0 saturated carbocycles. The number of benzene rings is 3. The van der Waals surface area contributed by atoms with Gasteiger partial charge in [0.2, 0.25) is 0 Å². The molecule has 0 aliphatic heterocycles. The third kappa shape index (κ3) is 3.24. The summed E-state index contributed by atoms with van der Waals surface area (Å²) in [4.78, 5) is 8.25. The van der Waals surface area contributed by atoms with Crippen LogP contribution in [0.15, 0.2) is 91.1 Å². The van der Waals surface area contributed by atoms with E-state index in [2.05, 4.69) is 84.7 Å². The van der Waals surface area contributed by atoms with Gasteiger partial charge in [0.05, 0.1) is 17.8 Å².